The van der Waals surface area contributed by atoms with E-state index in [0.717, 1.165) is 0 Å². The van der Waals surface area contributed by atoms with Crippen molar-refractivity contribution >= 4 is 34.7 Å². The van der Waals surface area contributed by atoms with Gasteiger partial charge in [0, 0.05) is 34.7 Å². The Bertz CT molecular complexity index is 693. The van der Waals surface area contributed by atoms with Crippen LogP contribution in [0.5, 0.6) is 0 Å². The summed E-state index contributed by atoms with van der Waals surface area (Å²) in [6.07, 6.45) is 3.67. The maximum absolute atomic E-state index is 11.4. The zero-order chi connectivity index (χ0) is 32.6. The second-order valence-corrected chi connectivity index (χ2v) is 16.1. The fourth-order valence-corrected chi connectivity index (χ4v) is 1.66. The Morgan fingerprint density at radius 2 is 0.350 bits per heavy atom. The first-order chi connectivity index (χ1) is 16.6. The second-order valence-electron chi connectivity index (χ2n) is 16.1. The minimum absolute atomic E-state index is 0. The van der Waals surface area contributed by atoms with E-state index in [9.17, 15) is 28.8 Å². The topological polar surface area (TPSA) is 102 Å². The van der Waals surface area contributed by atoms with Crippen molar-refractivity contribution in [2.75, 3.05) is 0 Å². The molecule has 234 valence electrons. The molecular formula is C33H57O6Tb. The normalized spacial score (nSPS) is 12.2. The van der Waals surface area contributed by atoms with Crippen LogP contribution in [0, 0.1) is 90.4 Å². The van der Waals surface area contributed by atoms with Crippen molar-refractivity contribution in [1.29, 1.82) is 0 Å². The summed E-state index contributed by atoms with van der Waals surface area (Å²) in [5, 5.41) is 0. The summed E-state index contributed by atoms with van der Waals surface area (Å²) in [4.78, 5) is 68.7. The van der Waals surface area contributed by atoms with E-state index in [1.165, 1.54) is 19.3 Å². The quantitative estimate of drug-likeness (QED) is 0.213. The van der Waals surface area contributed by atoms with Crippen LogP contribution in [-0.2, 0) is 28.8 Å². The largest absolute Gasteiger partial charge is 3.00 e. The maximum Gasteiger partial charge on any atom is 3.00 e. The molecule has 0 N–H and O–H groups in total. The molecule has 0 aliphatic heterocycles. The molecule has 0 heterocycles. The number of Topliss-reactive ketones (excluding diaryl/α,β-unsaturated/α-hetero) is 6. The summed E-state index contributed by atoms with van der Waals surface area (Å²) < 4.78 is 0. The first-order valence-electron chi connectivity index (χ1n) is 13.5. The van der Waals surface area contributed by atoms with Crippen molar-refractivity contribution in [1.82, 2.24) is 0 Å². The number of carbonyl (C=O) groups excluding carboxylic acids is 6. The minimum atomic E-state index is -0.457. The smallest absolute Gasteiger partial charge is 0.333 e. The molecule has 0 saturated carbocycles. The average molecular weight is 709 g/mol. The number of carbonyl (C=O) groups is 6. The van der Waals surface area contributed by atoms with Gasteiger partial charge in [0.1, 0.15) is 0 Å². The molecule has 0 aliphatic carbocycles. The van der Waals surface area contributed by atoms with Gasteiger partial charge >= 0.3 is 38.6 Å². The molecule has 0 aromatic rings. The summed E-state index contributed by atoms with van der Waals surface area (Å²) in [6.45, 7) is 32.5. The summed E-state index contributed by atoms with van der Waals surface area (Å²) >= 11 is 0. The monoisotopic (exact) mass is 708 g/mol. The van der Waals surface area contributed by atoms with E-state index in [-0.39, 0.29) is 73.3 Å². The van der Waals surface area contributed by atoms with Crippen molar-refractivity contribution in [3.63, 3.8) is 0 Å². The molecule has 0 fully saturated rings. The van der Waals surface area contributed by atoms with E-state index < -0.39 is 32.5 Å². The maximum atomic E-state index is 11.4. The molecule has 0 bridgehead atoms. The molecule has 40 heavy (non-hydrogen) atoms. The van der Waals surface area contributed by atoms with Crippen molar-refractivity contribution in [3.05, 3.63) is 19.3 Å². The molecule has 0 aromatic carbocycles. The molecule has 0 aromatic heterocycles. The predicted octanol–water partition coefficient (Wildman–Crippen LogP) is 7.26. The van der Waals surface area contributed by atoms with Gasteiger partial charge in [-0.25, -0.2) is 0 Å². The predicted molar refractivity (Wildman–Crippen MR) is 160 cm³/mol. The molecule has 0 aliphatic rings. The van der Waals surface area contributed by atoms with Crippen LogP contribution in [0.4, 0.5) is 0 Å². The Hall–Kier alpha value is -1.08. The zero-order valence-corrected chi connectivity index (χ0v) is 30.7. The Kier molecular flexibility index (Phi) is 19.0. The van der Waals surface area contributed by atoms with Gasteiger partial charge in [0.2, 0.25) is 0 Å². The third kappa shape index (κ3) is 21.6. The molecule has 6 nitrogen and oxygen atoms in total. The Balaban J connectivity index is -0.000000240. The van der Waals surface area contributed by atoms with E-state index in [4.69, 9.17) is 0 Å². The fraction of sp³-hybridized carbons (Fsp3) is 0.727. The molecule has 0 radical (unpaired) electrons. The van der Waals surface area contributed by atoms with Gasteiger partial charge in [-0.3, -0.25) is 19.3 Å². The number of hydrogen-bond acceptors (Lipinski definition) is 6. The van der Waals surface area contributed by atoms with Gasteiger partial charge in [-0.2, -0.15) is 0 Å². The molecular weight excluding hydrogens is 651 g/mol. The Labute approximate surface area is 276 Å². The van der Waals surface area contributed by atoms with Gasteiger partial charge in [-0.1, -0.05) is 125 Å². The summed E-state index contributed by atoms with van der Waals surface area (Å²) in [5.41, 5.74) is -2.74. The Morgan fingerprint density at radius 3 is 0.400 bits per heavy atom. The van der Waals surface area contributed by atoms with Crippen LogP contribution in [0.15, 0.2) is 0 Å². The first kappa shape index (κ1) is 45.9. The average Bonchev–Trinajstić information content (AvgIpc) is 2.64. The van der Waals surface area contributed by atoms with E-state index in [2.05, 4.69) is 0 Å². The van der Waals surface area contributed by atoms with Crippen LogP contribution in [0.1, 0.15) is 125 Å². The number of ketones is 6. The van der Waals surface area contributed by atoms with Crippen LogP contribution in [-0.4, -0.2) is 34.7 Å². The van der Waals surface area contributed by atoms with Crippen LogP contribution in [0.25, 0.3) is 0 Å². The minimum Gasteiger partial charge on any atom is -0.333 e. The summed E-state index contributed by atoms with van der Waals surface area (Å²) in [7, 11) is 0. The molecule has 0 rings (SSSR count). The van der Waals surface area contributed by atoms with Crippen molar-refractivity contribution < 1.29 is 67.4 Å². The molecule has 0 amide bonds. The first-order valence-corrected chi connectivity index (χ1v) is 13.5. The van der Waals surface area contributed by atoms with Gasteiger partial charge in [-0.15, -0.1) is 0 Å². The number of hydrogen-bond donors (Lipinski definition) is 0. The van der Waals surface area contributed by atoms with E-state index >= 15 is 0 Å². The molecule has 0 spiro atoms. The van der Waals surface area contributed by atoms with Crippen LogP contribution in [0.2, 0.25) is 0 Å². The van der Waals surface area contributed by atoms with Gasteiger partial charge in [0.05, 0.1) is 0 Å². The standard InChI is InChI=1S/3C11H19O2.Tb/c3*1-10(2,3)8(12)7-9(13)11(4,5)6;/h3*7H,1-6H3;/q3*-1;+3. The van der Waals surface area contributed by atoms with Crippen molar-refractivity contribution in [3.8, 4) is 0 Å². The molecule has 0 atom stereocenters. The fourth-order valence-electron chi connectivity index (χ4n) is 1.66. The van der Waals surface area contributed by atoms with Crippen LogP contribution in [0.3, 0.4) is 0 Å². The van der Waals surface area contributed by atoms with Crippen molar-refractivity contribution in [2.24, 2.45) is 32.5 Å². The zero-order valence-electron chi connectivity index (χ0n) is 28.5. The van der Waals surface area contributed by atoms with Crippen LogP contribution >= 0.6 is 0 Å². The van der Waals surface area contributed by atoms with Gasteiger partial charge in [-0.05, 0) is 32.5 Å². The summed E-state index contributed by atoms with van der Waals surface area (Å²) in [6, 6.07) is 0. The van der Waals surface area contributed by atoms with E-state index in [0.29, 0.717) is 0 Å². The molecule has 0 unspecified atom stereocenters. The Morgan fingerprint density at radius 1 is 0.275 bits per heavy atom. The van der Waals surface area contributed by atoms with Gasteiger partial charge < -0.3 is 28.8 Å². The third-order valence-corrected chi connectivity index (χ3v) is 5.22. The third-order valence-electron chi connectivity index (χ3n) is 5.22. The van der Waals surface area contributed by atoms with Crippen LogP contribution < -0.4 is 0 Å². The SMILES string of the molecule is CC(C)(C)C(=O)[CH-]C(=O)C(C)(C)C.CC(C)(C)C(=O)[CH-]C(=O)C(C)(C)C.CC(C)(C)C(=O)[CH-]C(=O)C(C)(C)C.[Tb+3]. The molecule has 7 heteroatoms. The van der Waals surface area contributed by atoms with E-state index in [1.54, 1.807) is 0 Å². The second kappa shape index (κ2) is 16.5. The van der Waals surface area contributed by atoms with E-state index in [1.807, 2.05) is 125 Å². The summed E-state index contributed by atoms with van der Waals surface area (Å²) in [5.74, 6) is -0.625. The van der Waals surface area contributed by atoms with Crippen molar-refractivity contribution in [2.45, 2.75) is 125 Å². The molecule has 0 saturated heterocycles. The van der Waals surface area contributed by atoms with Gasteiger partial charge in [0.15, 0.2) is 0 Å². The van der Waals surface area contributed by atoms with Gasteiger partial charge in [0.25, 0.3) is 0 Å². The number of rotatable bonds is 6.